The van der Waals surface area contributed by atoms with Crippen molar-refractivity contribution in [1.29, 1.82) is 0 Å². The van der Waals surface area contributed by atoms with Crippen molar-refractivity contribution in [3.05, 3.63) is 0 Å². The van der Waals surface area contributed by atoms with Crippen molar-refractivity contribution < 1.29 is 99.9 Å². The van der Waals surface area contributed by atoms with E-state index in [1.807, 2.05) is 0 Å². The van der Waals surface area contributed by atoms with Crippen molar-refractivity contribution in [1.82, 2.24) is 4.90 Å². The second-order valence-electron chi connectivity index (χ2n) is 17.9. The van der Waals surface area contributed by atoms with E-state index in [1.165, 1.54) is 42.1 Å². The summed E-state index contributed by atoms with van der Waals surface area (Å²) in [4.78, 5) is 102. The molecule has 0 bridgehead atoms. The fourth-order valence-electron chi connectivity index (χ4n) is 8.82. The van der Waals surface area contributed by atoms with E-state index in [2.05, 4.69) is 0 Å². The van der Waals surface area contributed by atoms with Gasteiger partial charge in [0.05, 0.1) is 30.8 Å². The van der Waals surface area contributed by atoms with E-state index >= 15 is 0 Å². The first-order chi connectivity index (χ1) is 32.4. The molecule has 2 heterocycles. The van der Waals surface area contributed by atoms with E-state index in [0.29, 0.717) is 12.6 Å². The molecule has 0 aromatic rings. The number of methoxy groups -OCH3 is 3. The number of nitrogens with zero attached hydrogens (tertiary/aromatic N) is 1. The molecular weight excluding hydrogens is 915 g/mol. The molecule has 2 fully saturated rings. The third-order valence-electron chi connectivity index (χ3n) is 12.0. The van der Waals surface area contributed by atoms with Crippen LogP contribution in [-0.4, -0.2) is 180 Å². The molecule has 0 aromatic heterocycles. The summed E-state index contributed by atoms with van der Waals surface area (Å²) in [5.41, 5.74) is -1.39. The Labute approximate surface area is 405 Å². The Morgan fingerprint density at radius 2 is 1.39 bits per heavy atom. The molecule has 2 saturated heterocycles. The second-order valence-corrected chi connectivity index (χ2v) is 17.9. The molecular formula is C47H77NO21. The quantitative estimate of drug-likeness (QED) is 0.0451. The number of likely N-dealkylation sites (N-methyl/N-ethyl adjacent to an activating group) is 1. The van der Waals surface area contributed by atoms with E-state index in [0.717, 1.165) is 6.92 Å². The molecule has 2 rings (SSSR count). The van der Waals surface area contributed by atoms with Crippen LogP contribution in [0, 0.1) is 11.8 Å². The largest absolute Gasteiger partial charge is 0.462 e. The zero-order chi connectivity index (χ0) is 52.3. The molecule has 22 nitrogen and oxygen atoms in total. The first kappa shape index (κ1) is 61.0. The smallest absolute Gasteiger partial charge is 0.309 e. The van der Waals surface area contributed by atoms with Crippen LogP contribution in [0.1, 0.15) is 114 Å². The van der Waals surface area contributed by atoms with E-state index in [1.54, 1.807) is 60.5 Å². The van der Waals surface area contributed by atoms with Gasteiger partial charge >= 0.3 is 35.8 Å². The van der Waals surface area contributed by atoms with Crippen molar-refractivity contribution in [2.45, 2.75) is 206 Å². The summed E-state index contributed by atoms with van der Waals surface area (Å²) in [5, 5.41) is 0. The highest BCUT2D eigenvalue weighted by molar-refractivity contribution is 5.73. The molecule has 0 aromatic carbocycles. The standard InChI is InChI=1S/C47H77NO21/c1-16-35(54)65-33(22-37(56)60-26(4)18-19-49)43(59-15)42(32(21-38(57-13)58-14)20-25(3)34(24-50)63-29(7)51)68-46-44(64-30(8)52)40(48(11)12)41(27(5)62-46)67-39-23-47(10,69-31(9)53)45(28(6)61-39)66-36(55)17-2/h19,24-28,32-34,38-46H,16-18,20-23H2,1-15H3/t25-,26-,27?,28?,32-,33+,34-,39?,40?,41?,42+,43?,44?,45?,46?,47?/m1/s1. The lowest BCUT2D eigenvalue weighted by Crippen LogP contribution is -2.67. The Morgan fingerprint density at radius 3 is 1.90 bits per heavy atom. The number of hydrogen-bond acceptors (Lipinski definition) is 22. The van der Waals surface area contributed by atoms with Gasteiger partial charge in [0.1, 0.15) is 30.7 Å². The van der Waals surface area contributed by atoms with Gasteiger partial charge in [-0.3, -0.25) is 33.6 Å². The number of esters is 6. The number of hydrogen-bond donors (Lipinski definition) is 0. The van der Waals surface area contributed by atoms with Gasteiger partial charge in [-0.2, -0.15) is 0 Å². The zero-order valence-electron chi connectivity index (χ0n) is 42.9. The van der Waals surface area contributed by atoms with Crippen molar-refractivity contribution in [3.8, 4) is 0 Å². The maximum Gasteiger partial charge on any atom is 0.309 e. The number of aldehydes is 2. The summed E-state index contributed by atoms with van der Waals surface area (Å²) in [6.07, 6.45) is -14.3. The van der Waals surface area contributed by atoms with E-state index in [4.69, 9.17) is 61.6 Å². The lowest BCUT2D eigenvalue weighted by atomic mass is 9.82. The molecule has 0 radical (unpaired) electrons. The number of carbonyl (C=O) groups excluding carboxylic acids is 8. The Hall–Kier alpha value is -4.16. The summed E-state index contributed by atoms with van der Waals surface area (Å²) in [6, 6.07) is -0.881. The minimum atomic E-state index is -1.48. The van der Waals surface area contributed by atoms with Gasteiger partial charge in [-0.05, 0) is 54.1 Å². The number of rotatable bonds is 29. The molecule has 10 unspecified atom stereocenters. The minimum Gasteiger partial charge on any atom is -0.462 e. The fraction of sp³-hybridized carbons (Fsp3) is 0.830. The van der Waals surface area contributed by atoms with Gasteiger partial charge in [0.2, 0.25) is 0 Å². The number of carbonyl (C=O) groups is 8. The van der Waals surface area contributed by atoms with Crippen LogP contribution in [0.2, 0.25) is 0 Å². The van der Waals surface area contributed by atoms with Gasteiger partial charge in [0, 0.05) is 80.1 Å². The first-order valence-corrected chi connectivity index (χ1v) is 23.3. The molecule has 2 aliphatic rings. The molecule has 2 aliphatic heterocycles. The Kier molecular flexibility index (Phi) is 25.8. The fourth-order valence-corrected chi connectivity index (χ4v) is 8.82. The van der Waals surface area contributed by atoms with Gasteiger partial charge < -0.3 is 71.3 Å². The predicted octanol–water partition coefficient (Wildman–Crippen LogP) is 3.17. The Balaban J connectivity index is 2.87. The van der Waals surface area contributed by atoms with Crippen LogP contribution in [-0.2, 0) is 99.9 Å². The third-order valence-corrected chi connectivity index (χ3v) is 12.0. The van der Waals surface area contributed by atoms with Crippen LogP contribution in [0.15, 0.2) is 0 Å². The second kappa shape index (κ2) is 29.2. The predicted molar refractivity (Wildman–Crippen MR) is 240 cm³/mol. The lowest BCUT2D eigenvalue weighted by Gasteiger charge is -2.51. The minimum absolute atomic E-state index is 0.00100. The van der Waals surface area contributed by atoms with Gasteiger partial charge in [0.15, 0.2) is 49.1 Å². The normalized spacial score (nSPS) is 27.9. The Bertz CT molecular complexity index is 1680. The van der Waals surface area contributed by atoms with Crippen LogP contribution in [0.5, 0.6) is 0 Å². The zero-order valence-corrected chi connectivity index (χ0v) is 42.9. The van der Waals surface area contributed by atoms with Gasteiger partial charge in [-0.15, -0.1) is 0 Å². The van der Waals surface area contributed by atoms with E-state index < -0.39 is 146 Å². The molecule has 0 saturated carbocycles. The van der Waals surface area contributed by atoms with Crippen molar-refractivity contribution in [2.75, 3.05) is 35.4 Å². The highest BCUT2D eigenvalue weighted by Gasteiger charge is 2.56. The number of ether oxygens (including phenoxy) is 13. The SMILES string of the molecule is CCC(=O)OC1C(C)OC(OC2C(C)OC(O[C@H](C(OC)[C@H](CC(=O)O[C@H](C)CC=O)OC(=O)CC)[C@@H](CC(OC)OC)C[C@@H](C)[C@@H](C=O)OC(C)=O)C(OC(C)=O)C2N(C)C)CC1(C)OC(C)=O. The maximum atomic E-state index is 13.5. The summed E-state index contributed by atoms with van der Waals surface area (Å²) in [5.74, 6) is -5.69. The summed E-state index contributed by atoms with van der Waals surface area (Å²) in [7, 11) is 7.54. The van der Waals surface area contributed by atoms with Gasteiger partial charge in [-0.25, -0.2) is 0 Å². The van der Waals surface area contributed by atoms with Gasteiger partial charge in [-0.1, -0.05) is 20.8 Å². The molecule has 396 valence electrons. The van der Waals surface area contributed by atoms with Crippen LogP contribution < -0.4 is 0 Å². The molecule has 0 aliphatic carbocycles. The molecule has 0 N–H and O–H groups in total. The maximum absolute atomic E-state index is 13.5. The van der Waals surface area contributed by atoms with Crippen LogP contribution in [0.3, 0.4) is 0 Å². The highest BCUT2D eigenvalue weighted by atomic mass is 16.7. The van der Waals surface area contributed by atoms with Crippen molar-refractivity contribution in [2.24, 2.45) is 11.8 Å². The molecule has 22 heteroatoms. The highest BCUT2D eigenvalue weighted by Crippen LogP contribution is 2.40. The monoisotopic (exact) mass is 991 g/mol. The van der Waals surface area contributed by atoms with Crippen molar-refractivity contribution in [3.63, 3.8) is 0 Å². The summed E-state index contributed by atoms with van der Waals surface area (Å²) < 4.78 is 78.3. The van der Waals surface area contributed by atoms with Crippen molar-refractivity contribution >= 4 is 48.4 Å². The summed E-state index contributed by atoms with van der Waals surface area (Å²) in [6.45, 7) is 14.9. The molecule has 16 atom stereocenters. The first-order valence-electron chi connectivity index (χ1n) is 23.3. The van der Waals surface area contributed by atoms with Crippen LogP contribution in [0.25, 0.3) is 0 Å². The van der Waals surface area contributed by atoms with Crippen LogP contribution >= 0.6 is 0 Å². The molecule has 0 spiro atoms. The topological polar surface area (TPSA) is 260 Å². The summed E-state index contributed by atoms with van der Waals surface area (Å²) >= 11 is 0. The average molecular weight is 992 g/mol. The molecule has 0 amide bonds. The average Bonchev–Trinajstić information content (AvgIpc) is 3.25. The van der Waals surface area contributed by atoms with E-state index in [9.17, 15) is 38.4 Å². The Morgan fingerprint density at radius 1 is 0.754 bits per heavy atom. The third kappa shape index (κ3) is 18.5. The molecule has 69 heavy (non-hydrogen) atoms. The van der Waals surface area contributed by atoms with Gasteiger partial charge in [0.25, 0.3) is 0 Å². The van der Waals surface area contributed by atoms with Crippen LogP contribution in [0.4, 0.5) is 0 Å². The lowest BCUT2D eigenvalue weighted by molar-refractivity contribution is -0.346. The van der Waals surface area contributed by atoms with E-state index in [-0.39, 0.29) is 38.5 Å².